The monoisotopic (exact) mass is 189 g/mol. The SMILES string of the molecule is CC(C)(N)c1ccccc1C1CCC1. The molecule has 0 heterocycles. The molecule has 2 N–H and O–H groups in total. The molecule has 76 valence electrons. The summed E-state index contributed by atoms with van der Waals surface area (Å²) in [4.78, 5) is 0. The van der Waals surface area contributed by atoms with Gasteiger partial charge in [0.05, 0.1) is 0 Å². The Morgan fingerprint density at radius 3 is 2.36 bits per heavy atom. The molecular formula is C13H19N. The number of nitrogens with two attached hydrogens (primary N) is 1. The van der Waals surface area contributed by atoms with Gasteiger partial charge in [-0.2, -0.15) is 0 Å². The Hall–Kier alpha value is -0.820. The maximum Gasteiger partial charge on any atom is 0.0355 e. The minimum atomic E-state index is -0.202. The third-order valence-corrected chi connectivity index (χ3v) is 3.20. The lowest BCUT2D eigenvalue weighted by Crippen LogP contribution is -2.31. The van der Waals surface area contributed by atoms with E-state index in [1.807, 2.05) is 0 Å². The highest BCUT2D eigenvalue weighted by Crippen LogP contribution is 2.39. The first kappa shape index (κ1) is 9.72. The number of hydrogen-bond donors (Lipinski definition) is 1. The largest absolute Gasteiger partial charge is 0.322 e. The molecule has 1 aliphatic carbocycles. The Morgan fingerprint density at radius 2 is 1.86 bits per heavy atom. The maximum atomic E-state index is 6.17. The number of benzene rings is 1. The van der Waals surface area contributed by atoms with Gasteiger partial charge in [-0.25, -0.2) is 0 Å². The molecule has 0 bridgehead atoms. The summed E-state index contributed by atoms with van der Waals surface area (Å²) in [6, 6.07) is 8.64. The van der Waals surface area contributed by atoms with Crippen molar-refractivity contribution >= 4 is 0 Å². The smallest absolute Gasteiger partial charge is 0.0355 e. The topological polar surface area (TPSA) is 26.0 Å². The zero-order valence-electron chi connectivity index (χ0n) is 9.09. The third-order valence-electron chi connectivity index (χ3n) is 3.20. The summed E-state index contributed by atoms with van der Waals surface area (Å²) < 4.78 is 0. The van der Waals surface area contributed by atoms with Crippen molar-refractivity contribution in [3.63, 3.8) is 0 Å². The Bertz CT molecular complexity index is 318. The van der Waals surface area contributed by atoms with Crippen LogP contribution in [0.15, 0.2) is 24.3 Å². The van der Waals surface area contributed by atoms with Crippen LogP contribution in [0, 0.1) is 0 Å². The molecule has 1 heteroatoms. The van der Waals surface area contributed by atoms with Crippen LogP contribution in [0.5, 0.6) is 0 Å². The molecule has 0 unspecified atom stereocenters. The summed E-state index contributed by atoms with van der Waals surface area (Å²) in [6.07, 6.45) is 4.06. The lowest BCUT2D eigenvalue weighted by atomic mass is 9.75. The highest BCUT2D eigenvalue weighted by atomic mass is 14.7. The van der Waals surface area contributed by atoms with Gasteiger partial charge in [-0.1, -0.05) is 30.7 Å². The molecular weight excluding hydrogens is 170 g/mol. The molecule has 0 aliphatic heterocycles. The normalized spacial score (nSPS) is 17.9. The molecule has 1 fully saturated rings. The van der Waals surface area contributed by atoms with E-state index in [0.717, 1.165) is 5.92 Å². The Labute approximate surface area is 86.3 Å². The van der Waals surface area contributed by atoms with Crippen LogP contribution in [0.3, 0.4) is 0 Å². The van der Waals surface area contributed by atoms with Gasteiger partial charge in [0.25, 0.3) is 0 Å². The Kier molecular flexibility index (Phi) is 2.36. The van der Waals surface area contributed by atoms with Crippen molar-refractivity contribution in [3.8, 4) is 0 Å². The van der Waals surface area contributed by atoms with E-state index in [1.165, 1.54) is 30.4 Å². The van der Waals surface area contributed by atoms with Crippen LogP contribution < -0.4 is 5.73 Å². The summed E-state index contributed by atoms with van der Waals surface area (Å²) in [5, 5.41) is 0. The van der Waals surface area contributed by atoms with Gasteiger partial charge in [-0.05, 0) is 43.7 Å². The van der Waals surface area contributed by atoms with Crippen molar-refractivity contribution < 1.29 is 0 Å². The van der Waals surface area contributed by atoms with Crippen LogP contribution >= 0.6 is 0 Å². The van der Waals surface area contributed by atoms with Crippen LogP contribution in [0.4, 0.5) is 0 Å². The molecule has 1 aromatic carbocycles. The second kappa shape index (κ2) is 3.39. The minimum absolute atomic E-state index is 0.202. The highest BCUT2D eigenvalue weighted by Gasteiger charge is 2.26. The molecule has 1 aromatic rings. The standard InChI is InChI=1S/C13H19N/c1-13(2,14)12-9-4-3-8-11(12)10-6-5-7-10/h3-4,8-10H,5-7,14H2,1-2H3. The molecule has 0 spiro atoms. The summed E-state index contributed by atoms with van der Waals surface area (Å²) in [5.41, 5.74) is 8.77. The first-order chi connectivity index (χ1) is 6.59. The van der Waals surface area contributed by atoms with E-state index in [2.05, 4.69) is 38.1 Å². The van der Waals surface area contributed by atoms with Gasteiger partial charge in [0.1, 0.15) is 0 Å². The van der Waals surface area contributed by atoms with Gasteiger partial charge < -0.3 is 5.73 Å². The van der Waals surface area contributed by atoms with Gasteiger partial charge >= 0.3 is 0 Å². The van der Waals surface area contributed by atoms with Crippen LogP contribution in [-0.2, 0) is 5.54 Å². The molecule has 2 rings (SSSR count). The fraction of sp³-hybridized carbons (Fsp3) is 0.538. The second-order valence-corrected chi connectivity index (χ2v) is 4.94. The Morgan fingerprint density at radius 1 is 1.21 bits per heavy atom. The van der Waals surface area contributed by atoms with Gasteiger partial charge in [0, 0.05) is 5.54 Å². The average molecular weight is 189 g/mol. The van der Waals surface area contributed by atoms with Crippen LogP contribution in [0.1, 0.15) is 50.2 Å². The average Bonchev–Trinajstić information content (AvgIpc) is 2.00. The fourth-order valence-electron chi connectivity index (χ4n) is 2.16. The predicted octanol–water partition coefficient (Wildman–Crippen LogP) is 3.15. The molecule has 0 atom stereocenters. The van der Waals surface area contributed by atoms with Crippen molar-refractivity contribution in [2.75, 3.05) is 0 Å². The fourth-order valence-corrected chi connectivity index (χ4v) is 2.16. The number of rotatable bonds is 2. The van der Waals surface area contributed by atoms with Gasteiger partial charge in [0.15, 0.2) is 0 Å². The molecule has 14 heavy (non-hydrogen) atoms. The maximum absolute atomic E-state index is 6.17. The van der Waals surface area contributed by atoms with Gasteiger partial charge in [-0.3, -0.25) is 0 Å². The van der Waals surface area contributed by atoms with Crippen molar-refractivity contribution in [1.82, 2.24) is 0 Å². The van der Waals surface area contributed by atoms with E-state index >= 15 is 0 Å². The van der Waals surface area contributed by atoms with Gasteiger partial charge in [0.2, 0.25) is 0 Å². The molecule has 1 aliphatic rings. The van der Waals surface area contributed by atoms with E-state index in [-0.39, 0.29) is 5.54 Å². The molecule has 1 saturated carbocycles. The van der Waals surface area contributed by atoms with E-state index in [1.54, 1.807) is 0 Å². The van der Waals surface area contributed by atoms with Crippen LogP contribution in [-0.4, -0.2) is 0 Å². The predicted molar refractivity (Wildman–Crippen MR) is 60.2 cm³/mol. The van der Waals surface area contributed by atoms with Crippen molar-refractivity contribution in [2.24, 2.45) is 5.73 Å². The summed E-state index contributed by atoms with van der Waals surface area (Å²) in [5.74, 6) is 0.772. The molecule has 1 nitrogen and oxygen atoms in total. The molecule has 0 aromatic heterocycles. The minimum Gasteiger partial charge on any atom is -0.322 e. The molecule has 0 saturated heterocycles. The first-order valence-corrected chi connectivity index (χ1v) is 5.47. The van der Waals surface area contributed by atoms with Crippen molar-refractivity contribution in [1.29, 1.82) is 0 Å². The highest BCUT2D eigenvalue weighted by molar-refractivity contribution is 5.36. The van der Waals surface area contributed by atoms with Crippen LogP contribution in [0.25, 0.3) is 0 Å². The quantitative estimate of drug-likeness (QED) is 0.760. The van der Waals surface area contributed by atoms with Crippen molar-refractivity contribution in [2.45, 2.75) is 44.6 Å². The summed E-state index contributed by atoms with van der Waals surface area (Å²) in [7, 11) is 0. The summed E-state index contributed by atoms with van der Waals surface area (Å²) in [6.45, 7) is 4.18. The third kappa shape index (κ3) is 1.69. The van der Waals surface area contributed by atoms with E-state index < -0.39 is 0 Å². The molecule has 0 radical (unpaired) electrons. The second-order valence-electron chi connectivity index (χ2n) is 4.94. The van der Waals surface area contributed by atoms with E-state index in [4.69, 9.17) is 5.73 Å². The zero-order valence-corrected chi connectivity index (χ0v) is 9.09. The first-order valence-electron chi connectivity index (χ1n) is 5.47. The Balaban J connectivity index is 2.38. The zero-order chi connectivity index (χ0) is 10.2. The van der Waals surface area contributed by atoms with Crippen molar-refractivity contribution in [3.05, 3.63) is 35.4 Å². The summed E-state index contributed by atoms with van der Waals surface area (Å²) >= 11 is 0. The lowest BCUT2D eigenvalue weighted by Gasteiger charge is -2.32. The van der Waals surface area contributed by atoms with Gasteiger partial charge in [-0.15, -0.1) is 0 Å². The lowest BCUT2D eigenvalue weighted by molar-refractivity contribution is 0.408. The molecule has 0 amide bonds. The van der Waals surface area contributed by atoms with E-state index in [0.29, 0.717) is 0 Å². The van der Waals surface area contributed by atoms with Crippen LogP contribution in [0.2, 0.25) is 0 Å². The number of hydrogen-bond acceptors (Lipinski definition) is 1. The van der Waals surface area contributed by atoms with E-state index in [9.17, 15) is 0 Å².